The fourth-order valence-electron chi connectivity index (χ4n) is 2.96. The highest BCUT2D eigenvalue weighted by atomic mass is 16.5. The van der Waals surface area contributed by atoms with Crippen LogP contribution in [-0.2, 0) is 0 Å². The summed E-state index contributed by atoms with van der Waals surface area (Å²) in [6.07, 6.45) is 6.23. The van der Waals surface area contributed by atoms with Crippen molar-refractivity contribution in [2.24, 2.45) is 0 Å². The van der Waals surface area contributed by atoms with Gasteiger partial charge in [-0.3, -0.25) is 4.79 Å². The van der Waals surface area contributed by atoms with Crippen LogP contribution in [0.25, 0.3) is 5.65 Å². The lowest BCUT2D eigenvalue weighted by atomic mass is 10.3. The number of imidazole rings is 1. The number of rotatable bonds is 3. The van der Waals surface area contributed by atoms with Crippen molar-refractivity contribution >= 4 is 11.6 Å². The first kappa shape index (κ1) is 14.7. The maximum absolute atomic E-state index is 12.7. The van der Waals surface area contributed by atoms with Crippen molar-refractivity contribution < 1.29 is 9.53 Å². The summed E-state index contributed by atoms with van der Waals surface area (Å²) in [5.41, 5.74) is 2.38. The van der Waals surface area contributed by atoms with Crippen molar-refractivity contribution in [1.29, 1.82) is 0 Å². The van der Waals surface area contributed by atoms with Crippen LogP contribution in [0.1, 0.15) is 22.5 Å². The number of nitrogens with zero attached hydrogens (tertiary/aromatic N) is 4. The Morgan fingerprint density at radius 2 is 2.17 bits per heavy atom. The normalized spacial score (nSPS) is 17.4. The Kier molecular flexibility index (Phi) is 3.65. The van der Waals surface area contributed by atoms with Crippen LogP contribution in [0.2, 0.25) is 0 Å². The fraction of sp³-hybridized carbons (Fsp3) is 0.278. The van der Waals surface area contributed by atoms with Crippen LogP contribution in [0.5, 0.6) is 5.88 Å². The van der Waals surface area contributed by atoms with Crippen molar-refractivity contribution in [2.75, 3.05) is 13.1 Å². The van der Waals surface area contributed by atoms with Gasteiger partial charge in [-0.05, 0) is 24.6 Å². The largest absolute Gasteiger partial charge is 0.472 e. The number of ether oxygens (including phenoxy) is 1. The minimum absolute atomic E-state index is 0.0249. The van der Waals surface area contributed by atoms with E-state index in [-0.39, 0.29) is 12.0 Å². The molecule has 4 heterocycles. The number of pyridine rings is 2. The second-order valence-corrected chi connectivity index (χ2v) is 6.05. The molecule has 0 bridgehead atoms. The smallest absolute Gasteiger partial charge is 0.274 e. The van der Waals surface area contributed by atoms with Gasteiger partial charge in [0.1, 0.15) is 17.4 Å². The van der Waals surface area contributed by atoms with Crippen LogP contribution in [0.15, 0.2) is 48.9 Å². The highest BCUT2D eigenvalue weighted by molar-refractivity contribution is 5.93. The molecule has 24 heavy (non-hydrogen) atoms. The highest BCUT2D eigenvalue weighted by Crippen LogP contribution is 2.18. The third-order valence-corrected chi connectivity index (χ3v) is 4.18. The van der Waals surface area contributed by atoms with E-state index in [0.29, 0.717) is 24.7 Å². The molecule has 3 aromatic rings. The summed E-state index contributed by atoms with van der Waals surface area (Å²) in [7, 11) is 0. The number of hydrogen-bond donors (Lipinski definition) is 0. The number of amides is 1. The molecule has 1 saturated heterocycles. The van der Waals surface area contributed by atoms with Crippen molar-refractivity contribution in [3.8, 4) is 5.88 Å². The Labute approximate surface area is 139 Å². The molecular weight excluding hydrogens is 304 g/mol. The molecule has 1 atom stereocenters. The van der Waals surface area contributed by atoms with Crippen LogP contribution in [0.3, 0.4) is 0 Å². The van der Waals surface area contributed by atoms with E-state index in [1.54, 1.807) is 17.3 Å². The van der Waals surface area contributed by atoms with Crippen LogP contribution in [0, 0.1) is 6.92 Å². The molecule has 1 aliphatic heterocycles. The Morgan fingerprint density at radius 1 is 1.25 bits per heavy atom. The second kappa shape index (κ2) is 5.96. The molecule has 0 aromatic carbocycles. The highest BCUT2D eigenvalue weighted by Gasteiger charge is 2.29. The zero-order valence-corrected chi connectivity index (χ0v) is 13.4. The molecule has 1 fully saturated rings. The van der Waals surface area contributed by atoms with Crippen molar-refractivity contribution in [2.45, 2.75) is 19.4 Å². The lowest BCUT2D eigenvalue weighted by Gasteiger charge is -2.15. The van der Waals surface area contributed by atoms with Crippen LogP contribution in [-0.4, -0.2) is 44.4 Å². The Hall–Kier alpha value is -2.89. The summed E-state index contributed by atoms with van der Waals surface area (Å²) in [5.74, 6) is 0.545. The van der Waals surface area contributed by atoms with Gasteiger partial charge in [0, 0.05) is 37.6 Å². The molecule has 0 spiro atoms. The predicted octanol–water partition coefficient (Wildman–Crippen LogP) is 2.33. The summed E-state index contributed by atoms with van der Waals surface area (Å²) in [6.45, 7) is 3.24. The van der Waals surface area contributed by atoms with Gasteiger partial charge in [-0.25, -0.2) is 9.97 Å². The molecule has 1 aliphatic rings. The molecule has 1 unspecified atom stereocenters. The SMILES string of the molecule is Cc1ccc2nc(C(=O)N3CCC(Oc4ccccn4)C3)cn2c1. The standard InChI is InChI=1S/C18H18N4O2/c1-13-5-6-16-20-15(12-22(16)10-13)18(23)21-9-7-14(11-21)24-17-4-2-3-8-19-17/h2-6,8,10,12,14H,7,9,11H2,1H3. The number of carbonyl (C=O) groups excluding carboxylic acids is 1. The number of aromatic nitrogens is 3. The number of likely N-dealkylation sites (tertiary alicyclic amines) is 1. The first-order valence-corrected chi connectivity index (χ1v) is 8.01. The summed E-state index contributed by atoms with van der Waals surface area (Å²) < 4.78 is 7.73. The van der Waals surface area contributed by atoms with Crippen LogP contribution in [0.4, 0.5) is 0 Å². The summed E-state index contributed by atoms with van der Waals surface area (Å²) in [4.78, 5) is 23.1. The Bertz CT molecular complexity index is 875. The molecule has 0 saturated carbocycles. The predicted molar refractivity (Wildman–Crippen MR) is 89.1 cm³/mol. The average molecular weight is 322 g/mol. The van der Waals surface area contributed by atoms with Gasteiger partial charge in [-0.1, -0.05) is 12.1 Å². The van der Waals surface area contributed by atoms with Gasteiger partial charge in [0.05, 0.1) is 6.54 Å². The molecule has 0 N–H and O–H groups in total. The first-order chi connectivity index (χ1) is 11.7. The fourth-order valence-corrected chi connectivity index (χ4v) is 2.96. The summed E-state index contributed by atoms with van der Waals surface area (Å²) >= 11 is 0. The molecule has 3 aromatic heterocycles. The maximum Gasteiger partial charge on any atom is 0.274 e. The zero-order chi connectivity index (χ0) is 16.5. The van der Waals surface area contributed by atoms with E-state index in [4.69, 9.17) is 4.74 Å². The molecule has 0 radical (unpaired) electrons. The van der Waals surface area contributed by atoms with Gasteiger partial charge in [0.2, 0.25) is 5.88 Å². The van der Waals surface area contributed by atoms with E-state index in [1.807, 2.05) is 47.9 Å². The number of hydrogen-bond acceptors (Lipinski definition) is 4. The lowest BCUT2D eigenvalue weighted by molar-refractivity contribution is 0.0766. The van der Waals surface area contributed by atoms with E-state index in [2.05, 4.69) is 9.97 Å². The van der Waals surface area contributed by atoms with E-state index < -0.39 is 0 Å². The number of fused-ring (bicyclic) bond motifs is 1. The third kappa shape index (κ3) is 2.82. The van der Waals surface area contributed by atoms with E-state index in [1.165, 1.54) is 0 Å². The Morgan fingerprint density at radius 3 is 3.00 bits per heavy atom. The van der Waals surface area contributed by atoms with Gasteiger partial charge < -0.3 is 14.0 Å². The quantitative estimate of drug-likeness (QED) is 0.742. The molecule has 6 nitrogen and oxygen atoms in total. The monoisotopic (exact) mass is 322 g/mol. The molecule has 0 aliphatic carbocycles. The van der Waals surface area contributed by atoms with Crippen molar-refractivity contribution in [1.82, 2.24) is 19.3 Å². The average Bonchev–Trinajstić information content (AvgIpc) is 3.21. The van der Waals surface area contributed by atoms with E-state index >= 15 is 0 Å². The maximum atomic E-state index is 12.7. The van der Waals surface area contributed by atoms with Gasteiger partial charge in [0.25, 0.3) is 5.91 Å². The second-order valence-electron chi connectivity index (χ2n) is 6.05. The van der Waals surface area contributed by atoms with Crippen LogP contribution < -0.4 is 4.74 Å². The lowest BCUT2D eigenvalue weighted by Crippen LogP contribution is -2.31. The van der Waals surface area contributed by atoms with E-state index in [9.17, 15) is 4.79 Å². The van der Waals surface area contributed by atoms with Crippen molar-refractivity contribution in [3.05, 3.63) is 60.2 Å². The van der Waals surface area contributed by atoms with Gasteiger partial charge in [0.15, 0.2) is 0 Å². The molecule has 4 rings (SSSR count). The van der Waals surface area contributed by atoms with Crippen molar-refractivity contribution in [3.63, 3.8) is 0 Å². The van der Waals surface area contributed by atoms with Gasteiger partial charge in [-0.2, -0.15) is 0 Å². The number of carbonyl (C=O) groups is 1. The summed E-state index contributed by atoms with van der Waals surface area (Å²) in [5, 5.41) is 0. The Balaban J connectivity index is 1.46. The summed E-state index contributed by atoms with van der Waals surface area (Å²) in [6, 6.07) is 9.47. The first-order valence-electron chi connectivity index (χ1n) is 8.01. The van der Waals surface area contributed by atoms with E-state index in [0.717, 1.165) is 17.6 Å². The molecule has 122 valence electrons. The van der Waals surface area contributed by atoms with Gasteiger partial charge >= 0.3 is 0 Å². The number of aryl methyl sites for hydroxylation is 1. The molecular formula is C18H18N4O2. The minimum Gasteiger partial charge on any atom is -0.472 e. The zero-order valence-electron chi connectivity index (χ0n) is 13.4. The molecule has 1 amide bonds. The van der Waals surface area contributed by atoms with Gasteiger partial charge in [-0.15, -0.1) is 0 Å². The molecule has 6 heteroatoms. The topological polar surface area (TPSA) is 59.7 Å². The van der Waals surface area contributed by atoms with Crippen LogP contribution >= 0.6 is 0 Å². The minimum atomic E-state index is -0.0523. The third-order valence-electron chi connectivity index (χ3n) is 4.18.